The fourth-order valence-corrected chi connectivity index (χ4v) is 4.56. The molecule has 1 rings (SSSR count). The molecule has 0 radical (unpaired) electrons. The summed E-state index contributed by atoms with van der Waals surface area (Å²) in [5, 5.41) is 0. The number of likely N-dealkylation sites (tertiary alicyclic amines) is 1. The van der Waals surface area contributed by atoms with E-state index in [0.717, 1.165) is 12.2 Å². The topological polar surface area (TPSA) is 43.0 Å². The molecule has 1 aliphatic heterocycles. The van der Waals surface area contributed by atoms with Gasteiger partial charge >= 0.3 is 0 Å². The Morgan fingerprint density at radius 3 is 1.85 bits per heavy atom. The molecule has 0 aromatic heterocycles. The monoisotopic (exact) mass is 596 g/mol. The molecule has 1 N–H and O–H groups in total. The van der Waals surface area contributed by atoms with Crippen molar-refractivity contribution in [3.05, 3.63) is 60.4 Å². The van der Waals surface area contributed by atoms with E-state index in [2.05, 4.69) is 107 Å². The van der Waals surface area contributed by atoms with Gasteiger partial charge in [-0.3, -0.25) is 4.72 Å². The molecule has 1 saturated heterocycles. The molecule has 1 fully saturated rings. The summed E-state index contributed by atoms with van der Waals surface area (Å²) in [6, 6.07) is 0.536. The third-order valence-electron chi connectivity index (χ3n) is 6.96. The molecule has 41 heavy (non-hydrogen) atoms. The summed E-state index contributed by atoms with van der Waals surface area (Å²) in [7, 11) is 4.91. The minimum absolute atomic E-state index is 0.199. The molecule has 0 bridgehead atoms. The maximum absolute atomic E-state index is 6.03. The van der Waals surface area contributed by atoms with Crippen LogP contribution in [0.3, 0.4) is 0 Å². The second-order valence-corrected chi connectivity index (χ2v) is 10.7. The second-order valence-electron chi connectivity index (χ2n) is 10.4. The molecule has 1 heterocycles. The SMILES string of the molecule is C=C/C=C(\C(=C/C)OC(C)C)C1CCN(CCCC(CC)NS)CC1.C=CC(C)OC.CC=C(CC)CC.COC. The minimum atomic E-state index is 0.199. The average molecular weight is 597 g/mol. The molecule has 0 aliphatic carbocycles. The molecule has 0 aromatic carbocycles. The third-order valence-corrected chi connectivity index (χ3v) is 7.32. The molecule has 0 saturated carbocycles. The van der Waals surface area contributed by atoms with Crippen LogP contribution in [0.5, 0.6) is 0 Å². The fraction of sp³-hybridized carbons (Fsp3) is 0.714. The first-order valence-electron chi connectivity index (χ1n) is 15.6. The fourth-order valence-electron chi connectivity index (χ4n) is 4.25. The molecule has 5 nitrogen and oxygen atoms in total. The van der Waals surface area contributed by atoms with E-state index >= 15 is 0 Å². The summed E-state index contributed by atoms with van der Waals surface area (Å²) in [5.74, 6) is 1.60. The van der Waals surface area contributed by atoms with E-state index in [4.69, 9.17) is 9.47 Å². The van der Waals surface area contributed by atoms with Crippen LogP contribution in [-0.4, -0.2) is 64.1 Å². The Morgan fingerprint density at radius 1 is 1.00 bits per heavy atom. The van der Waals surface area contributed by atoms with Gasteiger partial charge in [-0.05, 0) is 117 Å². The number of ether oxygens (including phenoxy) is 3. The normalized spacial score (nSPS) is 15.6. The van der Waals surface area contributed by atoms with Gasteiger partial charge in [0.2, 0.25) is 0 Å². The number of rotatable bonds is 15. The summed E-state index contributed by atoms with van der Waals surface area (Å²) < 4.78 is 18.2. The maximum Gasteiger partial charge on any atom is 0.118 e. The van der Waals surface area contributed by atoms with E-state index in [9.17, 15) is 0 Å². The number of piperidine rings is 1. The molecule has 0 spiro atoms. The lowest BCUT2D eigenvalue weighted by Gasteiger charge is -2.34. The second kappa shape index (κ2) is 31.6. The maximum atomic E-state index is 6.03. The highest BCUT2D eigenvalue weighted by Crippen LogP contribution is 2.31. The van der Waals surface area contributed by atoms with Crippen molar-refractivity contribution in [3.63, 3.8) is 0 Å². The predicted octanol–water partition coefficient (Wildman–Crippen LogP) is 9.36. The number of methoxy groups -OCH3 is 2. The van der Waals surface area contributed by atoms with Gasteiger partial charge in [0.05, 0.1) is 12.2 Å². The van der Waals surface area contributed by atoms with E-state index in [-0.39, 0.29) is 12.2 Å². The van der Waals surface area contributed by atoms with Gasteiger partial charge < -0.3 is 19.1 Å². The van der Waals surface area contributed by atoms with E-state index in [1.54, 1.807) is 33.0 Å². The van der Waals surface area contributed by atoms with Crippen LogP contribution in [0.15, 0.2) is 60.4 Å². The number of nitrogens with one attached hydrogen (secondary N) is 1. The van der Waals surface area contributed by atoms with Crippen LogP contribution in [0.4, 0.5) is 0 Å². The number of nitrogens with zero attached hydrogens (tertiary/aromatic N) is 1. The Morgan fingerprint density at radius 2 is 1.56 bits per heavy atom. The molecular weight excluding hydrogens is 528 g/mol. The zero-order chi connectivity index (χ0) is 32.1. The third kappa shape index (κ3) is 24.9. The zero-order valence-corrected chi connectivity index (χ0v) is 29.7. The van der Waals surface area contributed by atoms with Crippen molar-refractivity contribution in [1.29, 1.82) is 0 Å². The molecule has 2 unspecified atom stereocenters. The Balaban J connectivity index is -0.000000735. The number of hydrogen-bond acceptors (Lipinski definition) is 6. The summed E-state index contributed by atoms with van der Waals surface area (Å²) in [4.78, 5) is 2.60. The average Bonchev–Trinajstić information content (AvgIpc) is 2.99. The number of hydrogen-bond donors (Lipinski definition) is 2. The van der Waals surface area contributed by atoms with Crippen LogP contribution in [0.1, 0.15) is 100 Å². The summed E-state index contributed by atoms with van der Waals surface area (Å²) in [6.45, 7) is 27.8. The highest BCUT2D eigenvalue weighted by atomic mass is 32.1. The van der Waals surface area contributed by atoms with Crippen molar-refractivity contribution < 1.29 is 14.2 Å². The van der Waals surface area contributed by atoms with Crippen LogP contribution < -0.4 is 4.72 Å². The van der Waals surface area contributed by atoms with Crippen molar-refractivity contribution >= 4 is 12.8 Å². The van der Waals surface area contributed by atoms with Crippen LogP contribution in [0.2, 0.25) is 0 Å². The Bertz CT molecular complexity index is 686. The van der Waals surface area contributed by atoms with Gasteiger partial charge in [0.1, 0.15) is 5.76 Å². The molecule has 1 aliphatic rings. The molecular formula is C35H68N2O3S. The van der Waals surface area contributed by atoms with Gasteiger partial charge in [-0.25, -0.2) is 0 Å². The van der Waals surface area contributed by atoms with Gasteiger partial charge in [0.25, 0.3) is 0 Å². The Hall–Kier alpha value is -1.31. The minimum Gasteiger partial charge on any atom is -0.491 e. The summed E-state index contributed by atoms with van der Waals surface area (Å²) in [6.07, 6.45) is 18.9. The van der Waals surface area contributed by atoms with Gasteiger partial charge in [-0.1, -0.05) is 70.0 Å². The van der Waals surface area contributed by atoms with Crippen molar-refractivity contribution in [1.82, 2.24) is 9.62 Å². The quantitative estimate of drug-likeness (QED) is 0.0853. The smallest absolute Gasteiger partial charge is 0.118 e. The van der Waals surface area contributed by atoms with Crippen LogP contribution in [0, 0.1) is 5.92 Å². The highest BCUT2D eigenvalue weighted by molar-refractivity contribution is 7.78. The van der Waals surface area contributed by atoms with Crippen molar-refractivity contribution in [3.8, 4) is 0 Å². The van der Waals surface area contributed by atoms with Crippen molar-refractivity contribution in [2.45, 2.75) is 119 Å². The lowest BCUT2D eigenvalue weighted by molar-refractivity contribution is 0.141. The lowest BCUT2D eigenvalue weighted by atomic mass is 9.87. The largest absolute Gasteiger partial charge is 0.491 e. The number of thiol groups is 1. The van der Waals surface area contributed by atoms with Gasteiger partial charge in [-0.15, -0.1) is 6.58 Å². The van der Waals surface area contributed by atoms with Crippen LogP contribution >= 0.6 is 12.8 Å². The standard InChI is InChI=1S/C21H38N2OS.C7H14.C5H10O.C2H6O/c1-6-10-20(21(8-3)24-17(4)5)18-12-15-23(16-13-18)14-9-11-19(7-2)22-25;1-4-7(5-2)6-3;1-4-5(2)6-3;1-3-2/h6,8,10,17-19,22,25H,1,7,9,11-16H2,2-5H3;4H,5-6H2,1-3H3;4-5H,1H2,2-3H3;1-2H3/b20-10-,21-8+;;;. The van der Waals surface area contributed by atoms with E-state index in [0.29, 0.717) is 12.0 Å². The predicted molar refractivity (Wildman–Crippen MR) is 187 cm³/mol. The first kappa shape index (κ1) is 44.1. The molecule has 2 atom stereocenters. The van der Waals surface area contributed by atoms with Crippen molar-refractivity contribution in [2.75, 3.05) is 41.0 Å². The van der Waals surface area contributed by atoms with E-state index < -0.39 is 0 Å². The molecule has 0 aromatic rings. The van der Waals surface area contributed by atoms with Crippen molar-refractivity contribution in [2.24, 2.45) is 5.92 Å². The lowest BCUT2D eigenvalue weighted by Crippen LogP contribution is -2.36. The van der Waals surface area contributed by atoms with Gasteiger partial charge in [0.15, 0.2) is 0 Å². The van der Waals surface area contributed by atoms with E-state index in [1.165, 1.54) is 63.7 Å². The van der Waals surface area contributed by atoms with Crippen LogP contribution in [-0.2, 0) is 14.2 Å². The molecule has 6 heteroatoms. The Labute approximate surface area is 262 Å². The van der Waals surface area contributed by atoms with E-state index in [1.807, 2.05) is 13.0 Å². The van der Waals surface area contributed by atoms with Gasteiger partial charge in [-0.2, -0.15) is 0 Å². The number of allylic oxidation sites excluding steroid dienone is 6. The summed E-state index contributed by atoms with van der Waals surface area (Å²) in [5.41, 5.74) is 2.87. The highest BCUT2D eigenvalue weighted by Gasteiger charge is 2.24. The molecule has 0 amide bonds. The van der Waals surface area contributed by atoms with Crippen LogP contribution in [0.25, 0.3) is 0 Å². The summed E-state index contributed by atoms with van der Waals surface area (Å²) >= 11 is 4.21. The van der Waals surface area contributed by atoms with Gasteiger partial charge in [0, 0.05) is 27.4 Å². The molecule has 242 valence electrons. The first-order chi connectivity index (χ1) is 19.6. The zero-order valence-electron chi connectivity index (χ0n) is 28.8. The first-order valence-corrected chi connectivity index (χ1v) is 16.0. The Kier molecular flexibility index (Phi) is 34.0.